The van der Waals surface area contributed by atoms with E-state index in [1.165, 1.54) is 26.8 Å². The van der Waals surface area contributed by atoms with Gasteiger partial charge in [0.05, 0.1) is 26.4 Å². The van der Waals surface area contributed by atoms with Gasteiger partial charge in [0.25, 0.3) is 11.8 Å². The zero-order valence-electron chi connectivity index (χ0n) is 19.5. The molecular weight excluding hydrogens is 426 g/mol. The SMILES string of the molecule is COCCOCCN1C(=O)c2ccc3c4ccc(C)c5c(C)ccc(c6ccc(c2c36)C1=O)c54. The quantitative estimate of drug-likeness (QED) is 0.146. The minimum absolute atomic E-state index is 0.215. The molecule has 0 saturated heterocycles. The Morgan fingerprint density at radius 2 is 1.12 bits per heavy atom. The van der Waals surface area contributed by atoms with Gasteiger partial charge in [-0.25, -0.2) is 0 Å². The standard InChI is InChI=1S/C29H25NO4/c1-16-4-6-18-20-8-10-22-27-23(29(32)30(28(22)31)12-13-34-15-14-33-3)11-9-21(26(20)27)19-7-5-17(2)24(16)25(18)19/h4-11H,12-15H2,1-3H3. The van der Waals surface area contributed by atoms with Gasteiger partial charge in [-0.15, -0.1) is 0 Å². The van der Waals surface area contributed by atoms with Crippen molar-refractivity contribution >= 4 is 54.9 Å². The summed E-state index contributed by atoms with van der Waals surface area (Å²) >= 11 is 0. The summed E-state index contributed by atoms with van der Waals surface area (Å²) < 4.78 is 10.5. The summed E-state index contributed by atoms with van der Waals surface area (Å²) in [6.07, 6.45) is 0. The predicted octanol–water partition coefficient (Wildman–Crippen LogP) is 5.61. The van der Waals surface area contributed by atoms with E-state index in [0.717, 1.165) is 32.3 Å². The summed E-state index contributed by atoms with van der Waals surface area (Å²) in [6.45, 7) is 5.70. The molecule has 5 heteroatoms. The number of imide groups is 1. The molecule has 0 atom stereocenters. The molecule has 0 fully saturated rings. The molecule has 2 amide bonds. The van der Waals surface area contributed by atoms with Crippen molar-refractivity contribution in [3.05, 3.63) is 70.8 Å². The summed E-state index contributed by atoms with van der Waals surface area (Å²) in [5, 5.41) is 8.76. The molecule has 0 unspecified atom stereocenters. The summed E-state index contributed by atoms with van der Waals surface area (Å²) in [4.78, 5) is 28.1. The van der Waals surface area contributed by atoms with E-state index in [1.54, 1.807) is 7.11 Å². The number of nitrogens with zero attached hydrogens (tertiary/aromatic N) is 1. The van der Waals surface area contributed by atoms with Gasteiger partial charge >= 0.3 is 0 Å². The largest absolute Gasteiger partial charge is 0.382 e. The highest BCUT2D eigenvalue weighted by atomic mass is 16.5. The third-order valence-electron chi connectivity index (χ3n) is 7.16. The van der Waals surface area contributed by atoms with Crippen molar-refractivity contribution in [3.63, 3.8) is 0 Å². The molecule has 0 aromatic heterocycles. The number of hydrogen-bond donors (Lipinski definition) is 0. The first-order chi connectivity index (χ1) is 16.5. The lowest BCUT2D eigenvalue weighted by Gasteiger charge is -2.28. The lowest BCUT2D eigenvalue weighted by molar-refractivity contribution is 0.0430. The number of carbonyl (C=O) groups excluding carboxylic acids is 2. The molecule has 1 aliphatic heterocycles. The Kier molecular flexibility index (Phi) is 4.80. The maximum absolute atomic E-state index is 13.4. The number of hydrogen-bond acceptors (Lipinski definition) is 4. The topological polar surface area (TPSA) is 55.8 Å². The fraction of sp³-hybridized carbons (Fsp3) is 0.241. The van der Waals surface area contributed by atoms with Crippen molar-refractivity contribution in [1.82, 2.24) is 4.90 Å². The second-order valence-corrected chi connectivity index (χ2v) is 9.05. The Balaban J connectivity index is 1.58. The van der Waals surface area contributed by atoms with Crippen LogP contribution in [0.4, 0.5) is 0 Å². The van der Waals surface area contributed by atoms with Crippen LogP contribution < -0.4 is 0 Å². The van der Waals surface area contributed by atoms with Crippen LogP contribution in [-0.4, -0.2) is 50.2 Å². The van der Waals surface area contributed by atoms with Gasteiger partial charge in [-0.2, -0.15) is 0 Å². The first kappa shape index (κ1) is 21.0. The average Bonchev–Trinajstić information content (AvgIpc) is 2.84. The fourth-order valence-electron chi connectivity index (χ4n) is 5.61. The van der Waals surface area contributed by atoms with E-state index in [4.69, 9.17) is 9.47 Å². The number of methoxy groups -OCH3 is 1. The van der Waals surface area contributed by atoms with Crippen molar-refractivity contribution in [2.45, 2.75) is 13.8 Å². The number of carbonyl (C=O) groups is 2. The lowest BCUT2D eigenvalue weighted by Crippen LogP contribution is -2.42. The Hall–Kier alpha value is -3.54. The highest BCUT2D eigenvalue weighted by molar-refractivity contribution is 6.38. The van der Waals surface area contributed by atoms with Crippen LogP contribution in [0.2, 0.25) is 0 Å². The van der Waals surface area contributed by atoms with E-state index in [-0.39, 0.29) is 25.0 Å². The minimum Gasteiger partial charge on any atom is -0.382 e. The van der Waals surface area contributed by atoms with Crippen LogP contribution in [0.25, 0.3) is 43.1 Å². The number of aryl methyl sites for hydroxylation is 2. The van der Waals surface area contributed by atoms with E-state index in [1.807, 2.05) is 24.3 Å². The van der Waals surface area contributed by atoms with Gasteiger partial charge < -0.3 is 9.47 Å². The number of benzene rings is 5. The van der Waals surface area contributed by atoms with Crippen molar-refractivity contribution in [2.75, 3.05) is 33.5 Å². The molecule has 1 aliphatic rings. The zero-order valence-corrected chi connectivity index (χ0v) is 19.5. The molecule has 1 heterocycles. The second-order valence-electron chi connectivity index (χ2n) is 9.05. The van der Waals surface area contributed by atoms with Gasteiger partial charge in [-0.1, -0.05) is 36.4 Å². The third kappa shape index (κ3) is 2.81. The zero-order chi connectivity index (χ0) is 23.6. The van der Waals surface area contributed by atoms with Crippen molar-refractivity contribution in [3.8, 4) is 0 Å². The molecule has 0 bridgehead atoms. The molecule has 34 heavy (non-hydrogen) atoms. The van der Waals surface area contributed by atoms with Crippen LogP contribution in [0.1, 0.15) is 31.8 Å². The Morgan fingerprint density at radius 1 is 0.618 bits per heavy atom. The maximum Gasteiger partial charge on any atom is 0.261 e. The Morgan fingerprint density at radius 3 is 1.65 bits per heavy atom. The molecule has 0 radical (unpaired) electrons. The molecule has 170 valence electrons. The van der Waals surface area contributed by atoms with Crippen molar-refractivity contribution in [2.24, 2.45) is 0 Å². The molecule has 0 saturated carbocycles. The maximum atomic E-state index is 13.4. The molecule has 5 aromatic rings. The van der Waals surface area contributed by atoms with E-state index in [9.17, 15) is 9.59 Å². The molecule has 0 aliphatic carbocycles. The third-order valence-corrected chi connectivity index (χ3v) is 7.16. The average molecular weight is 452 g/mol. The lowest BCUT2D eigenvalue weighted by atomic mass is 9.83. The normalized spacial score (nSPS) is 13.9. The summed E-state index contributed by atoms with van der Waals surface area (Å²) in [6, 6.07) is 16.5. The van der Waals surface area contributed by atoms with Gasteiger partial charge in [0.2, 0.25) is 0 Å². The van der Waals surface area contributed by atoms with E-state index >= 15 is 0 Å². The summed E-state index contributed by atoms with van der Waals surface area (Å²) in [7, 11) is 1.61. The molecule has 5 aromatic carbocycles. The predicted molar refractivity (Wildman–Crippen MR) is 135 cm³/mol. The molecule has 5 nitrogen and oxygen atoms in total. The minimum atomic E-state index is -0.264. The number of ether oxygens (including phenoxy) is 2. The van der Waals surface area contributed by atoms with Crippen molar-refractivity contribution in [1.29, 1.82) is 0 Å². The molecule has 0 spiro atoms. The van der Waals surface area contributed by atoms with Crippen molar-refractivity contribution < 1.29 is 19.1 Å². The van der Waals surface area contributed by atoms with E-state index in [0.29, 0.717) is 24.3 Å². The van der Waals surface area contributed by atoms with Gasteiger partial charge in [-0.3, -0.25) is 14.5 Å². The monoisotopic (exact) mass is 451 g/mol. The smallest absolute Gasteiger partial charge is 0.261 e. The Labute approximate surface area is 197 Å². The summed E-state index contributed by atoms with van der Waals surface area (Å²) in [5.74, 6) is -0.527. The molecular formula is C29H25NO4. The van der Waals surface area contributed by atoms with Crippen LogP contribution in [-0.2, 0) is 9.47 Å². The highest BCUT2D eigenvalue weighted by Crippen LogP contribution is 2.44. The van der Waals surface area contributed by atoms with Crippen LogP contribution in [0.3, 0.4) is 0 Å². The number of fused-ring (bicyclic) bond motifs is 2. The number of rotatable bonds is 6. The van der Waals surface area contributed by atoms with Crippen LogP contribution in [0, 0.1) is 13.8 Å². The van der Waals surface area contributed by atoms with E-state index < -0.39 is 0 Å². The Bertz CT molecular complexity index is 1530. The highest BCUT2D eigenvalue weighted by Gasteiger charge is 2.34. The first-order valence-corrected chi connectivity index (χ1v) is 11.6. The van der Waals surface area contributed by atoms with E-state index in [2.05, 4.69) is 38.1 Å². The number of amides is 2. The van der Waals surface area contributed by atoms with Gasteiger partial charge in [0.15, 0.2) is 0 Å². The summed E-state index contributed by atoms with van der Waals surface area (Å²) in [5.41, 5.74) is 3.65. The van der Waals surface area contributed by atoms with Gasteiger partial charge in [-0.05, 0) is 74.8 Å². The fourth-order valence-corrected chi connectivity index (χ4v) is 5.61. The van der Waals surface area contributed by atoms with Crippen LogP contribution in [0.15, 0.2) is 48.5 Å². The van der Waals surface area contributed by atoms with Gasteiger partial charge in [0.1, 0.15) is 0 Å². The first-order valence-electron chi connectivity index (χ1n) is 11.6. The molecule has 6 rings (SSSR count). The van der Waals surface area contributed by atoms with Crippen LogP contribution >= 0.6 is 0 Å². The van der Waals surface area contributed by atoms with Crippen LogP contribution in [0.5, 0.6) is 0 Å². The molecule has 0 N–H and O–H groups in total. The van der Waals surface area contributed by atoms with Gasteiger partial charge in [0, 0.05) is 23.6 Å². The second kappa shape index (κ2) is 7.76.